The molecule has 202 valence electrons. The second kappa shape index (κ2) is 12.1. The van der Waals surface area contributed by atoms with E-state index < -0.39 is 11.9 Å². The van der Waals surface area contributed by atoms with Crippen molar-refractivity contribution in [2.75, 3.05) is 36.0 Å². The highest BCUT2D eigenvalue weighted by molar-refractivity contribution is 6.21. The first kappa shape index (κ1) is 26.4. The number of halogens is 1. The second-order valence-corrected chi connectivity index (χ2v) is 9.89. The van der Waals surface area contributed by atoms with Crippen LogP contribution in [0.25, 0.3) is 0 Å². The lowest BCUT2D eigenvalue weighted by atomic mass is 10.1. The molecule has 0 spiro atoms. The minimum absolute atomic E-state index is 0.0723. The van der Waals surface area contributed by atoms with Crippen LogP contribution in [-0.4, -0.2) is 49.0 Å². The van der Waals surface area contributed by atoms with E-state index in [4.69, 9.17) is 4.74 Å². The van der Waals surface area contributed by atoms with E-state index >= 15 is 4.39 Å². The lowest BCUT2D eigenvalue weighted by Gasteiger charge is -2.26. The molecule has 0 N–H and O–H groups in total. The van der Waals surface area contributed by atoms with Crippen molar-refractivity contribution in [1.82, 2.24) is 4.90 Å². The number of ether oxygens (including phenoxy) is 1. The Morgan fingerprint density at radius 3 is 2.13 bits per heavy atom. The van der Waals surface area contributed by atoms with Gasteiger partial charge in [0.2, 0.25) is 0 Å². The fraction of sp³-hybridized carbons (Fsp3) is 0.323. The fourth-order valence-corrected chi connectivity index (χ4v) is 5.18. The Hall–Kier alpha value is -4.20. The van der Waals surface area contributed by atoms with Crippen molar-refractivity contribution in [2.24, 2.45) is 0 Å². The maximum absolute atomic E-state index is 15.3. The van der Waals surface area contributed by atoms with Crippen LogP contribution < -0.4 is 9.80 Å². The van der Waals surface area contributed by atoms with Crippen LogP contribution in [0.15, 0.2) is 72.8 Å². The SMILES string of the molecule is O=C1c2ccccc2C(=O)N1CCCN(C(=O)OCc1ccccc1)c1ccc(N2CCCCCC2)c(F)c1. The molecule has 0 bridgehead atoms. The number of imide groups is 1. The van der Waals surface area contributed by atoms with Gasteiger partial charge in [0.15, 0.2) is 0 Å². The zero-order chi connectivity index (χ0) is 27.2. The molecule has 2 aliphatic rings. The summed E-state index contributed by atoms with van der Waals surface area (Å²) in [6, 6.07) is 20.9. The van der Waals surface area contributed by atoms with Crippen LogP contribution in [0.4, 0.5) is 20.6 Å². The minimum Gasteiger partial charge on any atom is -0.444 e. The predicted octanol–water partition coefficient (Wildman–Crippen LogP) is 6.04. The first-order valence-corrected chi connectivity index (χ1v) is 13.5. The van der Waals surface area contributed by atoms with Crippen molar-refractivity contribution in [2.45, 2.75) is 38.7 Å². The molecule has 0 atom stereocenters. The number of nitrogens with zero attached hydrogens (tertiary/aromatic N) is 3. The fourth-order valence-electron chi connectivity index (χ4n) is 5.18. The van der Waals surface area contributed by atoms with Gasteiger partial charge in [0.1, 0.15) is 12.4 Å². The van der Waals surface area contributed by atoms with Crippen LogP contribution in [0.2, 0.25) is 0 Å². The molecule has 1 fully saturated rings. The van der Waals surface area contributed by atoms with E-state index in [2.05, 4.69) is 4.90 Å². The van der Waals surface area contributed by atoms with Crippen LogP contribution in [0, 0.1) is 5.82 Å². The highest BCUT2D eigenvalue weighted by Crippen LogP contribution is 2.28. The highest BCUT2D eigenvalue weighted by atomic mass is 19.1. The maximum atomic E-state index is 15.3. The van der Waals surface area contributed by atoms with Gasteiger partial charge in [-0.3, -0.25) is 19.4 Å². The molecule has 0 unspecified atom stereocenters. The van der Waals surface area contributed by atoms with E-state index in [1.54, 1.807) is 36.4 Å². The molecule has 0 aromatic heterocycles. The number of carbonyl (C=O) groups excluding carboxylic acids is 3. The van der Waals surface area contributed by atoms with Crippen molar-refractivity contribution in [1.29, 1.82) is 0 Å². The molecule has 3 aromatic rings. The van der Waals surface area contributed by atoms with Crippen molar-refractivity contribution in [3.63, 3.8) is 0 Å². The Bertz CT molecular complexity index is 1300. The number of hydrogen-bond donors (Lipinski definition) is 0. The molecule has 3 aromatic carbocycles. The molecular weight excluding hydrogens is 497 g/mol. The second-order valence-electron chi connectivity index (χ2n) is 9.89. The van der Waals surface area contributed by atoms with Crippen LogP contribution >= 0.6 is 0 Å². The summed E-state index contributed by atoms with van der Waals surface area (Å²) in [5.74, 6) is -1.08. The lowest BCUT2D eigenvalue weighted by Crippen LogP contribution is -2.36. The average Bonchev–Trinajstić information content (AvgIpc) is 3.13. The van der Waals surface area contributed by atoms with Gasteiger partial charge in [-0.05, 0) is 55.2 Å². The third kappa shape index (κ3) is 5.95. The van der Waals surface area contributed by atoms with Gasteiger partial charge in [-0.25, -0.2) is 9.18 Å². The molecule has 0 saturated carbocycles. The molecule has 0 aliphatic carbocycles. The Morgan fingerprint density at radius 1 is 0.846 bits per heavy atom. The highest BCUT2D eigenvalue weighted by Gasteiger charge is 2.34. The Balaban J connectivity index is 1.31. The number of benzene rings is 3. The van der Waals surface area contributed by atoms with Gasteiger partial charge in [0, 0.05) is 26.2 Å². The first-order chi connectivity index (χ1) is 19.0. The van der Waals surface area contributed by atoms with E-state index in [1.165, 1.54) is 15.9 Å². The molecule has 8 heteroatoms. The standard InChI is InChI=1S/C31H32FN3O4/c32-27-21-24(15-16-28(27)33-17-8-1-2-9-18-33)34(31(38)39-22-23-11-4-3-5-12-23)19-10-20-35-29(36)25-13-6-7-14-26(25)30(35)37/h3-7,11-16,21H,1-2,8-10,17-20,22H2. The molecule has 7 nitrogen and oxygen atoms in total. The van der Waals surface area contributed by atoms with Gasteiger partial charge >= 0.3 is 6.09 Å². The molecule has 39 heavy (non-hydrogen) atoms. The zero-order valence-corrected chi connectivity index (χ0v) is 21.9. The van der Waals surface area contributed by atoms with Crippen molar-refractivity contribution in [3.8, 4) is 0 Å². The summed E-state index contributed by atoms with van der Waals surface area (Å²) in [4.78, 5) is 43.3. The normalized spacial score (nSPS) is 15.2. The van der Waals surface area contributed by atoms with Crippen LogP contribution in [0.3, 0.4) is 0 Å². The molecule has 0 radical (unpaired) electrons. The summed E-state index contributed by atoms with van der Waals surface area (Å²) in [6.45, 7) is 1.95. The zero-order valence-electron chi connectivity index (χ0n) is 21.9. The summed E-state index contributed by atoms with van der Waals surface area (Å²) in [7, 11) is 0. The molecule has 5 rings (SSSR count). The van der Waals surface area contributed by atoms with E-state index in [9.17, 15) is 14.4 Å². The minimum atomic E-state index is -0.622. The van der Waals surface area contributed by atoms with Crippen LogP contribution in [0.1, 0.15) is 58.4 Å². The Kier molecular flexibility index (Phi) is 8.20. The number of fused-ring (bicyclic) bond motifs is 1. The number of hydrogen-bond acceptors (Lipinski definition) is 5. The summed E-state index contributed by atoms with van der Waals surface area (Å²) < 4.78 is 20.9. The van der Waals surface area contributed by atoms with Crippen LogP contribution in [-0.2, 0) is 11.3 Å². The van der Waals surface area contributed by atoms with Crippen molar-refractivity contribution in [3.05, 3.63) is 95.3 Å². The Labute approximate surface area is 227 Å². The topological polar surface area (TPSA) is 70.2 Å². The predicted molar refractivity (Wildman–Crippen MR) is 147 cm³/mol. The molecular formula is C31H32FN3O4. The molecule has 1 saturated heterocycles. The van der Waals surface area contributed by atoms with Gasteiger partial charge in [-0.2, -0.15) is 0 Å². The number of amides is 3. The largest absolute Gasteiger partial charge is 0.444 e. The van der Waals surface area contributed by atoms with Gasteiger partial charge in [-0.1, -0.05) is 55.3 Å². The molecule has 2 aliphatic heterocycles. The summed E-state index contributed by atoms with van der Waals surface area (Å²) in [5.41, 5.74) is 2.50. The third-order valence-corrected chi connectivity index (χ3v) is 7.26. The Morgan fingerprint density at radius 2 is 1.49 bits per heavy atom. The number of rotatable bonds is 8. The van der Waals surface area contributed by atoms with Gasteiger partial charge in [0.25, 0.3) is 11.8 Å². The van der Waals surface area contributed by atoms with Crippen LogP contribution in [0.5, 0.6) is 0 Å². The average molecular weight is 530 g/mol. The molecule has 2 heterocycles. The van der Waals surface area contributed by atoms with E-state index in [-0.39, 0.29) is 31.5 Å². The first-order valence-electron chi connectivity index (χ1n) is 13.5. The van der Waals surface area contributed by atoms with Gasteiger partial charge in [-0.15, -0.1) is 0 Å². The van der Waals surface area contributed by atoms with E-state index in [1.807, 2.05) is 30.3 Å². The summed E-state index contributed by atoms with van der Waals surface area (Å²) in [6.07, 6.45) is 4.02. The summed E-state index contributed by atoms with van der Waals surface area (Å²) in [5, 5.41) is 0. The lowest BCUT2D eigenvalue weighted by molar-refractivity contribution is 0.0653. The van der Waals surface area contributed by atoms with E-state index in [0.717, 1.165) is 44.3 Å². The monoisotopic (exact) mass is 529 g/mol. The van der Waals surface area contributed by atoms with E-state index in [0.29, 0.717) is 28.9 Å². The van der Waals surface area contributed by atoms with Crippen molar-refractivity contribution >= 4 is 29.3 Å². The third-order valence-electron chi connectivity index (χ3n) is 7.26. The molecule has 3 amide bonds. The van der Waals surface area contributed by atoms with Crippen molar-refractivity contribution < 1.29 is 23.5 Å². The summed E-state index contributed by atoms with van der Waals surface area (Å²) >= 11 is 0. The number of anilines is 2. The smallest absolute Gasteiger partial charge is 0.414 e. The maximum Gasteiger partial charge on any atom is 0.414 e. The van der Waals surface area contributed by atoms with Gasteiger partial charge in [0.05, 0.1) is 22.5 Å². The van der Waals surface area contributed by atoms with Gasteiger partial charge < -0.3 is 9.64 Å². The number of carbonyl (C=O) groups is 3. The quantitative estimate of drug-likeness (QED) is 0.333.